The molecule has 7 heteroatoms. The van der Waals surface area contributed by atoms with Crippen molar-refractivity contribution in [3.8, 4) is 0 Å². The predicted octanol–water partition coefficient (Wildman–Crippen LogP) is 3.55. The van der Waals surface area contributed by atoms with Crippen LogP contribution in [0.3, 0.4) is 0 Å². The summed E-state index contributed by atoms with van der Waals surface area (Å²) in [5, 5.41) is 3.54. The maximum atomic E-state index is 14.1. The van der Waals surface area contributed by atoms with Gasteiger partial charge in [-0.3, -0.25) is 14.9 Å². The van der Waals surface area contributed by atoms with E-state index in [1.807, 2.05) is 18.7 Å². The minimum Gasteiger partial charge on any atom is -0.338 e. The fourth-order valence-corrected chi connectivity index (χ4v) is 4.56. The van der Waals surface area contributed by atoms with Gasteiger partial charge < -0.3 is 9.80 Å². The number of hydrogen-bond acceptors (Lipinski definition) is 3. The molecule has 0 bridgehead atoms. The summed E-state index contributed by atoms with van der Waals surface area (Å²) in [6, 6.07) is 11.8. The van der Waals surface area contributed by atoms with E-state index in [0.717, 1.165) is 5.56 Å². The molecule has 4 rings (SSSR count). The average Bonchev–Trinajstić information content (AvgIpc) is 3.02. The number of amides is 2. The van der Waals surface area contributed by atoms with Crippen LogP contribution in [-0.4, -0.2) is 46.4 Å². The fourth-order valence-electron chi connectivity index (χ4n) is 4.56. The molecular formula is C24H27F2N3O2. The van der Waals surface area contributed by atoms with Crippen molar-refractivity contribution in [3.05, 3.63) is 71.3 Å². The minimum absolute atomic E-state index is 0.0215. The SMILES string of the molecule is CC(C)C1NC2(CCN(C(=O)c3ccccc3F)CC2)N(Cc2ccc(F)cc2)C1=O. The van der Waals surface area contributed by atoms with Crippen molar-refractivity contribution in [3.63, 3.8) is 0 Å². The first-order chi connectivity index (χ1) is 14.8. The van der Waals surface area contributed by atoms with Crippen LogP contribution in [0, 0.1) is 17.6 Å². The first-order valence-electron chi connectivity index (χ1n) is 10.7. The normalized spacial score (nSPS) is 20.7. The number of rotatable bonds is 4. The van der Waals surface area contributed by atoms with Gasteiger partial charge in [-0.05, 0) is 35.7 Å². The molecule has 2 aliphatic rings. The summed E-state index contributed by atoms with van der Waals surface area (Å²) in [4.78, 5) is 29.5. The largest absolute Gasteiger partial charge is 0.338 e. The lowest BCUT2D eigenvalue weighted by molar-refractivity contribution is -0.134. The van der Waals surface area contributed by atoms with Gasteiger partial charge in [-0.15, -0.1) is 0 Å². The summed E-state index contributed by atoms with van der Waals surface area (Å²) in [6.07, 6.45) is 1.09. The molecule has 2 aliphatic heterocycles. The number of halogens is 2. The Bertz CT molecular complexity index is 969. The molecule has 2 saturated heterocycles. The third-order valence-electron chi connectivity index (χ3n) is 6.38. The van der Waals surface area contributed by atoms with Crippen LogP contribution >= 0.6 is 0 Å². The number of carbonyl (C=O) groups is 2. The van der Waals surface area contributed by atoms with Crippen LogP contribution in [-0.2, 0) is 11.3 Å². The topological polar surface area (TPSA) is 52.7 Å². The van der Waals surface area contributed by atoms with E-state index in [2.05, 4.69) is 5.32 Å². The summed E-state index contributed by atoms with van der Waals surface area (Å²) in [5.41, 5.74) is 0.342. The van der Waals surface area contributed by atoms with Gasteiger partial charge in [0.15, 0.2) is 0 Å². The van der Waals surface area contributed by atoms with Gasteiger partial charge >= 0.3 is 0 Å². The van der Waals surface area contributed by atoms with E-state index in [9.17, 15) is 18.4 Å². The number of carbonyl (C=O) groups excluding carboxylic acids is 2. The first kappa shape index (κ1) is 21.4. The Labute approximate surface area is 181 Å². The van der Waals surface area contributed by atoms with E-state index in [1.165, 1.54) is 24.3 Å². The second kappa shape index (κ2) is 8.38. The summed E-state index contributed by atoms with van der Waals surface area (Å²) in [5.74, 6) is -1.04. The fraction of sp³-hybridized carbons (Fsp3) is 0.417. The van der Waals surface area contributed by atoms with Crippen molar-refractivity contribution in [1.29, 1.82) is 0 Å². The zero-order chi connectivity index (χ0) is 22.2. The van der Waals surface area contributed by atoms with Crippen molar-refractivity contribution in [2.45, 2.75) is 44.9 Å². The smallest absolute Gasteiger partial charge is 0.256 e. The van der Waals surface area contributed by atoms with E-state index >= 15 is 0 Å². The molecule has 0 saturated carbocycles. The molecule has 31 heavy (non-hydrogen) atoms. The highest BCUT2D eigenvalue weighted by Gasteiger charge is 2.52. The Balaban J connectivity index is 1.54. The van der Waals surface area contributed by atoms with Gasteiger partial charge in [0.25, 0.3) is 5.91 Å². The van der Waals surface area contributed by atoms with Crippen molar-refractivity contribution in [2.75, 3.05) is 13.1 Å². The van der Waals surface area contributed by atoms with E-state index < -0.39 is 11.5 Å². The van der Waals surface area contributed by atoms with Crippen LogP contribution in [0.4, 0.5) is 8.78 Å². The van der Waals surface area contributed by atoms with E-state index in [0.29, 0.717) is 32.5 Å². The standard InChI is InChI=1S/C24H27F2N3O2/c1-16(2)21-23(31)29(15-17-7-9-18(25)10-8-17)24(27-21)11-13-28(14-12-24)22(30)19-5-3-4-6-20(19)26/h3-10,16,21,27H,11-15H2,1-2H3. The molecule has 2 amide bonds. The molecule has 0 radical (unpaired) electrons. The molecule has 0 aromatic heterocycles. The summed E-state index contributed by atoms with van der Waals surface area (Å²) in [6.45, 7) is 5.20. The van der Waals surface area contributed by atoms with Gasteiger partial charge in [-0.1, -0.05) is 38.1 Å². The van der Waals surface area contributed by atoms with Gasteiger partial charge in [0.05, 0.1) is 17.3 Å². The first-order valence-corrected chi connectivity index (χ1v) is 10.7. The van der Waals surface area contributed by atoms with Crippen molar-refractivity contribution in [1.82, 2.24) is 15.1 Å². The average molecular weight is 427 g/mol. The monoisotopic (exact) mass is 427 g/mol. The summed E-state index contributed by atoms with van der Waals surface area (Å²) in [7, 11) is 0. The second-order valence-electron chi connectivity index (χ2n) is 8.72. The lowest BCUT2D eigenvalue weighted by Crippen LogP contribution is -2.59. The third kappa shape index (κ3) is 4.06. The highest BCUT2D eigenvalue weighted by atomic mass is 19.1. The van der Waals surface area contributed by atoms with E-state index in [1.54, 1.807) is 29.2 Å². The van der Waals surface area contributed by atoms with Gasteiger partial charge in [-0.2, -0.15) is 0 Å². The highest BCUT2D eigenvalue weighted by molar-refractivity contribution is 5.94. The highest BCUT2D eigenvalue weighted by Crippen LogP contribution is 2.36. The Hall–Kier alpha value is -2.80. The number of likely N-dealkylation sites (tertiary alicyclic amines) is 1. The van der Waals surface area contributed by atoms with Crippen LogP contribution in [0.1, 0.15) is 42.6 Å². The minimum atomic E-state index is -0.577. The Morgan fingerprint density at radius 3 is 2.35 bits per heavy atom. The number of piperidine rings is 1. The molecule has 2 aromatic carbocycles. The van der Waals surface area contributed by atoms with Crippen molar-refractivity contribution >= 4 is 11.8 Å². The molecule has 0 aliphatic carbocycles. The van der Waals surface area contributed by atoms with Crippen LogP contribution in [0.15, 0.2) is 48.5 Å². The van der Waals surface area contributed by atoms with Gasteiger partial charge in [0.1, 0.15) is 11.6 Å². The molecule has 2 fully saturated rings. The number of benzene rings is 2. The van der Waals surface area contributed by atoms with Crippen LogP contribution < -0.4 is 5.32 Å². The maximum Gasteiger partial charge on any atom is 0.256 e. The zero-order valence-electron chi connectivity index (χ0n) is 17.8. The van der Waals surface area contributed by atoms with Crippen LogP contribution in [0.25, 0.3) is 0 Å². The quantitative estimate of drug-likeness (QED) is 0.812. The van der Waals surface area contributed by atoms with Gasteiger partial charge in [-0.25, -0.2) is 8.78 Å². The molecular weight excluding hydrogens is 400 g/mol. The van der Waals surface area contributed by atoms with Gasteiger partial charge in [0, 0.05) is 32.5 Å². The van der Waals surface area contributed by atoms with Gasteiger partial charge in [0.2, 0.25) is 5.91 Å². The maximum absolute atomic E-state index is 14.1. The Kier molecular flexibility index (Phi) is 5.79. The van der Waals surface area contributed by atoms with Crippen LogP contribution in [0.5, 0.6) is 0 Å². The van der Waals surface area contributed by atoms with Crippen molar-refractivity contribution in [2.24, 2.45) is 5.92 Å². The van der Waals surface area contributed by atoms with Crippen molar-refractivity contribution < 1.29 is 18.4 Å². The predicted molar refractivity (Wildman–Crippen MR) is 113 cm³/mol. The molecule has 164 valence electrons. The lowest BCUT2D eigenvalue weighted by atomic mass is 9.94. The van der Waals surface area contributed by atoms with E-state index in [4.69, 9.17) is 0 Å². The summed E-state index contributed by atoms with van der Waals surface area (Å²) >= 11 is 0. The Morgan fingerprint density at radius 2 is 1.74 bits per heavy atom. The number of nitrogens with one attached hydrogen (secondary N) is 1. The third-order valence-corrected chi connectivity index (χ3v) is 6.38. The lowest BCUT2D eigenvalue weighted by Gasteiger charge is -2.44. The molecule has 2 aromatic rings. The van der Waals surface area contributed by atoms with E-state index in [-0.39, 0.29) is 35.2 Å². The molecule has 1 N–H and O–H groups in total. The number of nitrogens with zero attached hydrogens (tertiary/aromatic N) is 2. The molecule has 1 unspecified atom stereocenters. The Morgan fingerprint density at radius 1 is 1.10 bits per heavy atom. The van der Waals surface area contributed by atoms with Crippen LogP contribution in [0.2, 0.25) is 0 Å². The molecule has 5 nitrogen and oxygen atoms in total. The number of hydrogen-bond donors (Lipinski definition) is 1. The summed E-state index contributed by atoms with van der Waals surface area (Å²) < 4.78 is 27.4. The molecule has 1 spiro atoms. The molecule has 2 heterocycles. The zero-order valence-corrected chi connectivity index (χ0v) is 17.8. The second-order valence-corrected chi connectivity index (χ2v) is 8.72. The molecule has 1 atom stereocenters.